The predicted octanol–water partition coefficient (Wildman–Crippen LogP) is 0.745. The Bertz CT molecular complexity index is 219. The predicted molar refractivity (Wildman–Crippen MR) is 67.3 cm³/mol. The summed E-state index contributed by atoms with van der Waals surface area (Å²) in [6.07, 6.45) is 3.59. The van der Waals surface area contributed by atoms with Gasteiger partial charge in [-0.15, -0.1) is 0 Å². The van der Waals surface area contributed by atoms with Crippen molar-refractivity contribution in [3.8, 4) is 0 Å². The summed E-state index contributed by atoms with van der Waals surface area (Å²) in [5, 5.41) is 19.3. The zero-order valence-electron chi connectivity index (χ0n) is 10.5. The van der Waals surface area contributed by atoms with Gasteiger partial charge in [-0.3, -0.25) is 0 Å². The first kappa shape index (κ1) is 14.6. The summed E-state index contributed by atoms with van der Waals surface area (Å²) in [5.74, 6) is 0. The second kappa shape index (κ2) is 5.61. The molecule has 0 aromatic heterocycles. The van der Waals surface area contributed by atoms with E-state index in [0.29, 0.717) is 0 Å². The van der Waals surface area contributed by atoms with Gasteiger partial charge in [-0.1, -0.05) is 12.4 Å². The van der Waals surface area contributed by atoms with E-state index in [1.165, 1.54) is 0 Å². The molecule has 5 heteroatoms. The van der Waals surface area contributed by atoms with Crippen LogP contribution in [0, 0.1) is 0 Å². The van der Waals surface area contributed by atoms with E-state index in [1.807, 2.05) is 7.85 Å². The first-order valence-corrected chi connectivity index (χ1v) is 5.45. The summed E-state index contributed by atoms with van der Waals surface area (Å²) in [6.45, 7) is 7.00. The van der Waals surface area contributed by atoms with Crippen molar-refractivity contribution < 1.29 is 14.9 Å². The smallest absolute Gasteiger partial charge is 0.349 e. The summed E-state index contributed by atoms with van der Waals surface area (Å²) in [4.78, 5) is 0. The lowest BCUT2D eigenvalue weighted by atomic mass is 9.85. The number of hydrogen-bond donors (Lipinski definition) is 2. The van der Waals surface area contributed by atoms with Crippen molar-refractivity contribution in [1.82, 2.24) is 0 Å². The highest BCUT2D eigenvalue weighted by molar-refractivity contribution is 6.36. The van der Waals surface area contributed by atoms with Gasteiger partial charge in [0, 0.05) is 0 Å². The van der Waals surface area contributed by atoms with Crippen molar-refractivity contribution in [3.05, 3.63) is 11.7 Å². The quantitative estimate of drug-likeness (QED) is 0.504. The highest BCUT2D eigenvalue weighted by Crippen LogP contribution is 2.24. The maximum Gasteiger partial charge on any atom is 0.349 e. The first-order chi connectivity index (χ1) is 6.70. The fourth-order valence-corrected chi connectivity index (χ4v) is 0.801. The van der Waals surface area contributed by atoms with Gasteiger partial charge in [0.25, 0.3) is 0 Å². The molecular formula is C10H22B2O3. The molecule has 0 fully saturated rings. The summed E-state index contributed by atoms with van der Waals surface area (Å²) in [7, 11) is 2.20. The zero-order chi connectivity index (χ0) is 12.1. The molecule has 0 heterocycles. The van der Waals surface area contributed by atoms with Crippen molar-refractivity contribution in [3.63, 3.8) is 0 Å². The Kier molecular flexibility index (Phi) is 5.46. The third-order valence-electron chi connectivity index (χ3n) is 2.72. The summed E-state index contributed by atoms with van der Waals surface area (Å²) in [6, 6.07) is 0. The van der Waals surface area contributed by atoms with E-state index in [-0.39, 0.29) is 13.1 Å². The van der Waals surface area contributed by atoms with Gasteiger partial charge in [0.15, 0.2) is 0 Å². The SMILES string of the molecule is BCC/C=C(\O)BOC(C)(C)C(C)(C)O. The molecule has 0 atom stereocenters. The molecule has 0 spiro atoms. The average molecular weight is 212 g/mol. The van der Waals surface area contributed by atoms with E-state index >= 15 is 0 Å². The van der Waals surface area contributed by atoms with Gasteiger partial charge >= 0.3 is 7.48 Å². The lowest BCUT2D eigenvalue weighted by molar-refractivity contribution is -0.0903. The topological polar surface area (TPSA) is 49.7 Å². The third kappa shape index (κ3) is 5.28. The standard InChI is InChI=1S/C10H22B2O3/c1-9(2,14)10(3,4)15-12-8(13)6-5-7-11/h6,12-14H,5,7,11H2,1-4H3/b8-6-. The van der Waals surface area contributed by atoms with Gasteiger partial charge < -0.3 is 14.9 Å². The maximum atomic E-state index is 9.81. The first-order valence-electron chi connectivity index (χ1n) is 5.45. The Morgan fingerprint density at radius 2 is 1.93 bits per heavy atom. The fraction of sp³-hybridized carbons (Fsp3) is 0.800. The van der Waals surface area contributed by atoms with Gasteiger partial charge in [0.1, 0.15) is 7.85 Å². The maximum absolute atomic E-state index is 9.81. The minimum atomic E-state index is -0.933. The number of hydrogen-bond acceptors (Lipinski definition) is 3. The Morgan fingerprint density at radius 3 is 2.33 bits per heavy atom. The molecule has 86 valence electrons. The van der Waals surface area contributed by atoms with Crippen LogP contribution >= 0.6 is 0 Å². The zero-order valence-corrected chi connectivity index (χ0v) is 10.5. The fourth-order valence-electron chi connectivity index (χ4n) is 0.801. The van der Waals surface area contributed by atoms with Crippen molar-refractivity contribution in [2.75, 3.05) is 0 Å². The second-order valence-electron chi connectivity index (χ2n) is 4.84. The van der Waals surface area contributed by atoms with Crippen LogP contribution in [-0.4, -0.2) is 36.7 Å². The molecular weight excluding hydrogens is 190 g/mol. The molecule has 0 bridgehead atoms. The molecule has 0 rings (SSSR count). The molecule has 15 heavy (non-hydrogen) atoms. The van der Waals surface area contributed by atoms with Crippen LogP contribution in [0.4, 0.5) is 0 Å². The molecule has 0 amide bonds. The molecule has 3 nitrogen and oxygen atoms in total. The Balaban J connectivity index is 4.15. The van der Waals surface area contributed by atoms with E-state index in [0.717, 1.165) is 12.7 Å². The average Bonchev–Trinajstić information content (AvgIpc) is 2.09. The highest BCUT2D eigenvalue weighted by atomic mass is 16.5. The largest absolute Gasteiger partial charge is 0.520 e. The van der Waals surface area contributed by atoms with Crippen LogP contribution in [0.15, 0.2) is 11.7 Å². The minimum absolute atomic E-state index is 0.150. The molecule has 0 aliphatic heterocycles. The Labute approximate surface area is 94.2 Å². The lowest BCUT2D eigenvalue weighted by Crippen LogP contribution is -2.48. The Hall–Kier alpha value is -0.410. The molecule has 0 saturated carbocycles. The monoisotopic (exact) mass is 212 g/mol. The van der Waals surface area contributed by atoms with Crippen molar-refractivity contribution in [1.29, 1.82) is 0 Å². The normalized spacial score (nSPS) is 14.1. The van der Waals surface area contributed by atoms with Gasteiger partial charge in [-0.2, -0.15) is 0 Å². The molecule has 2 N–H and O–H groups in total. The number of aliphatic hydroxyl groups is 2. The third-order valence-corrected chi connectivity index (χ3v) is 2.72. The van der Waals surface area contributed by atoms with Crippen LogP contribution < -0.4 is 0 Å². The molecule has 0 saturated heterocycles. The summed E-state index contributed by atoms with van der Waals surface area (Å²) < 4.78 is 5.48. The molecule has 0 radical (unpaired) electrons. The van der Waals surface area contributed by atoms with Gasteiger partial charge in [0.05, 0.1) is 16.9 Å². The number of aliphatic hydroxyl groups excluding tert-OH is 1. The molecule has 0 aromatic rings. The number of allylic oxidation sites excluding steroid dienone is 1. The van der Waals surface area contributed by atoms with E-state index < -0.39 is 11.2 Å². The van der Waals surface area contributed by atoms with Crippen LogP contribution in [0.25, 0.3) is 0 Å². The second-order valence-corrected chi connectivity index (χ2v) is 4.84. The van der Waals surface area contributed by atoms with Crippen molar-refractivity contribution in [2.45, 2.75) is 51.6 Å². The molecule has 0 aliphatic carbocycles. The van der Waals surface area contributed by atoms with E-state index in [1.54, 1.807) is 33.8 Å². The van der Waals surface area contributed by atoms with Crippen molar-refractivity contribution >= 4 is 15.3 Å². The van der Waals surface area contributed by atoms with Crippen LogP contribution in [0.5, 0.6) is 0 Å². The van der Waals surface area contributed by atoms with Gasteiger partial charge in [-0.25, -0.2) is 0 Å². The van der Waals surface area contributed by atoms with Crippen molar-refractivity contribution in [2.24, 2.45) is 0 Å². The van der Waals surface area contributed by atoms with E-state index in [4.69, 9.17) is 4.65 Å². The molecule has 0 unspecified atom stereocenters. The van der Waals surface area contributed by atoms with Gasteiger partial charge in [-0.05, 0) is 34.1 Å². The van der Waals surface area contributed by atoms with E-state index in [2.05, 4.69) is 0 Å². The Morgan fingerprint density at radius 1 is 1.40 bits per heavy atom. The highest BCUT2D eigenvalue weighted by Gasteiger charge is 2.35. The number of rotatable bonds is 6. The molecule has 0 aliphatic rings. The summed E-state index contributed by atoms with van der Waals surface area (Å²) >= 11 is 0. The van der Waals surface area contributed by atoms with Crippen LogP contribution in [0.2, 0.25) is 6.32 Å². The van der Waals surface area contributed by atoms with Gasteiger partial charge in [0.2, 0.25) is 0 Å². The van der Waals surface area contributed by atoms with Crippen LogP contribution in [-0.2, 0) is 4.65 Å². The van der Waals surface area contributed by atoms with E-state index in [9.17, 15) is 10.2 Å². The summed E-state index contributed by atoms with van der Waals surface area (Å²) in [5.41, 5.74) is -1.38. The lowest BCUT2D eigenvalue weighted by Gasteiger charge is -2.37. The van der Waals surface area contributed by atoms with Crippen LogP contribution in [0.1, 0.15) is 34.1 Å². The molecule has 0 aromatic carbocycles. The minimum Gasteiger partial charge on any atom is -0.520 e. The van der Waals surface area contributed by atoms with Crippen LogP contribution in [0.3, 0.4) is 0 Å².